The van der Waals surface area contributed by atoms with Crippen LogP contribution in [-0.4, -0.2) is 34.6 Å². The molecule has 0 radical (unpaired) electrons. The van der Waals surface area contributed by atoms with Crippen LogP contribution in [0, 0.1) is 0 Å². The number of aromatic nitrogens is 2. The number of ether oxygens (including phenoxy) is 1. The average molecular weight is 388 g/mol. The van der Waals surface area contributed by atoms with Gasteiger partial charge in [-0.2, -0.15) is 0 Å². The lowest BCUT2D eigenvalue weighted by molar-refractivity contribution is -0.124. The maximum atomic E-state index is 11.9. The molecule has 0 aliphatic rings. The second-order valence-electron chi connectivity index (χ2n) is 4.81. The molecule has 0 aliphatic heterocycles. The lowest BCUT2D eigenvalue weighted by Crippen LogP contribution is -2.30. The third-order valence-electron chi connectivity index (χ3n) is 3.14. The molecule has 128 valence electrons. The summed E-state index contributed by atoms with van der Waals surface area (Å²) in [5.74, 6) is -0.971. The standard InChI is InChI=1S/C15H15Cl2N3O3S/c1-2-12-14(24-20-19-12)15(22)23-8-13(21)18-6-5-9-3-4-10(16)7-11(9)17/h3-4,7H,2,5-6,8H2,1H3,(H,18,21). The fourth-order valence-corrected chi connectivity index (χ4v) is 3.05. The molecule has 2 aromatic rings. The number of nitrogens with one attached hydrogen (secondary N) is 1. The van der Waals surface area contributed by atoms with E-state index in [-0.39, 0.29) is 12.5 Å². The van der Waals surface area contributed by atoms with Gasteiger partial charge in [0.05, 0.1) is 5.69 Å². The van der Waals surface area contributed by atoms with E-state index in [4.69, 9.17) is 27.9 Å². The van der Waals surface area contributed by atoms with Gasteiger partial charge in [0.1, 0.15) is 0 Å². The molecule has 0 bridgehead atoms. The third-order valence-corrected chi connectivity index (χ3v) is 4.48. The first kappa shape index (κ1) is 18.6. The van der Waals surface area contributed by atoms with Gasteiger partial charge in [-0.1, -0.05) is 40.7 Å². The topological polar surface area (TPSA) is 81.2 Å². The average Bonchev–Trinajstić information content (AvgIpc) is 3.03. The van der Waals surface area contributed by atoms with Crippen LogP contribution in [0.2, 0.25) is 10.0 Å². The van der Waals surface area contributed by atoms with Gasteiger partial charge in [-0.25, -0.2) is 4.79 Å². The fraction of sp³-hybridized carbons (Fsp3) is 0.333. The number of carbonyl (C=O) groups is 2. The molecule has 1 aromatic carbocycles. The van der Waals surface area contributed by atoms with Crippen LogP contribution < -0.4 is 5.32 Å². The Labute approximate surface area is 153 Å². The number of hydrogen-bond donors (Lipinski definition) is 1. The molecule has 0 atom stereocenters. The Balaban J connectivity index is 1.74. The van der Waals surface area contributed by atoms with Gasteiger partial charge < -0.3 is 10.1 Å². The minimum Gasteiger partial charge on any atom is -0.451 e. The molecule has 0 unspecified atom stereocenters. The maximum absolute atomic E-state index is 11.9. The molecule has 0 saturated carbocycles. The van der Waals surface area contributed by atoms with E-state index in [1.807, 2.05) is 6.92 Å². The summed E-state index contributed by atoms with van der Waals surface area (Å²) in [5.41, 5.74) is 1.45. The number of aryl methyl sites for hydroxylation is 1. The van der Waals surface area contributed by atoms with Crippen LogP contribution in [0.3, 0.4) is 0 Å². The van der Waals surface area contributed by atoms with Crippen molar-refractivity contribution >= 4 is 46.6 Å². The van der Waals surface area contributed by atoms with Crippen molar-refractivity contribution in [3.8, 4) is 0 Å². The van der Waals surface area contributed by atoms with Crippen molar-refractivity contribution in [2.45, 2.75) is 19.8 Å². The molecule has 1 heterocycles. The van der Waals surface area contributed by atoms with Crippen LogP contribution in [0.15, 0.2) is 18.2 Å². The van der Waals surface area contributed by atoms with Gasteiger partial charge in [0.15, 0.2) is 11.5 Å². The summed E-state index contributed by atoms with van der Waals surface area (Å²) in [6.07, 6.45) is 1.13. The Morgan fingerprint density at radius 1 is 1.33 bits per heavy atom. The lowest BCUT2D eigenvalue weighted by Gasteiger charge is -2.07. The largest absolute Gasteiger partial charge is 0.451 e. The highest BCUT2D eigenvalue weighted by atomic mass is 35.5. The van der Waals surface area contributed by atoms with Crippen molar-refractivity contribution in [1.29, 1.82) is 0 Å². The van der Waals surface area contributed by atoms with E-state index < -0.39 is 5.97 Å². The van der Waals surface area contributed by atoms with Crippen LogP contribution in [0.5, 0.6) is 0 Å². The first-order chi connectivity index (χ1) is 11.5. The molecule has 9 heteroatoms. The monoisotopic (exact) mass is 387 g/mol. The predicted molar refractivity (Wildman–Crippen MR) is 92.7 cm³/mol. The first-order valence-corrected chi connectivity index (χ1v) is 8.73. The Morgan fingerprint density at radius 3 is 2.83 bits per heavy atom. The maximum Gasteiger partial charge on any atom is 0.352 e. The van der Waals surface area contributed by atoms with Gasteiger partial charge in [-0.3, -0.25) is 4.79 Å². The summed E-state index contributed by atoms with van der Waals surface area (Å²) in [6, 6.07) is 5.19. The van der Waals surface area contributed by atoms with Crippen LogP contribution in [0.4, 0.5) is 0 Å². The summed E-state index contributed by atoms with van der Waals surface area (Å²) in [5, 5.41) is 7.60. The van der Waals surface area contributed by atoms with E-state index in [9.17, 15) is 9.59 Å². The zero-order valence-electron chi connectivity index (χ0n) is 12.8. The van der Waals surface area contributed by atoms with E-state index in [1.165, 1.54) is 0 Å². The first-order valence-electron chi connectivity index (χ1n) is 7.20. The van der Waals surface area contributed by atoms with Gasteiger partial charge in [-0.15, -0.1) is 5.10 Å². The van der Waals surface area contributed by atoms with E-state index in [0.717, 1.165) is 17.1 Å². The number of benzene rings is 1. The third kappa shape index (κ3) is 5.15. The minimum absolute atomic E-state index is 0.332. The van der Waals surface area contributed by atoms with E-state index in [1.54, 1.807) is 18.2 Å². The molecule has 0 aliphatic carbocycles. The summed E-state index contributed by atoms with van der Waals surface area (Å²) in [6.45, 7) is 1.89. The fourth-order valence-electron chi connectivity index (χ4n) is 1.90. The smallest absolute Gasteiger partial charge is 0.352 e. The summed E-state index contributed by atoms with van der Waals surface area (Å²) in [7, 11) is 0. The highest BCUT2D eigenvalue weighted by molar-refractivity contribution is 7.07. The number of amides is 1. The molecular weight excluding hydrogens is 373 g/mol. The number of nitrogens with zero attached hydrogens (tertiary/aromatic N) is 2. The zero-order valence-corrected chi connectivity index (χ0v) is 15.2. The van der Waals surface area contributed by atoms with E-state index >= 15 is 0 Å². The SMILES string of the molecule is CCc1nnsc1C(=O)OCC(=O)NCCc1ccc(Cl)cc1Cl. The van der Waals surface area contributed by atoms with Gasteiger partial charge in [0.2, 0.25) is 0 Å². The number of carbonyl (C=O) groups excluding carboxylic acids is 2. The number of hydrogen-bond acceptors (Lipinski definition) is 6. The molecule has 1 aromatic heterocycles. The second-order valence-corrected chi connectivity index (χ2v) is 6.41. The molecule has 0 saturated heterocycles. The van der Waals surface area contributed by atoms with Crippen LogP contribution in [-0.2, 0) is 22.4 Å². The molecule has 24 heavy (non-hydrogen) atoms. The number of rotatable bonds is 7. The van der Waals surface area contributed by atoms with Crippen LogP contribution >= 0.6 is 34.7 Å². The van der Waals surface area contributed by atoms with Crippen molar-refractivity contribution in [1.82, 2.24) is 14.9 Å². The van der Waals surface area contributed by atoms with Crippen molar-refractivity contribution in [3.63, 3.8) is 0 Å². The lowest BCUT2D eigenvalue weighted by atomic mass is 10.1. The molecule has 1 N–H and O–H groups in total. The van der Waals surface area contributed by atoms with Crippen LogP contribution in [0.1, 0.15) is 27.9 Å². The molecule has 2 rings (SSSR count). The molecule has 6 nitrogen and oxygen atoms in total. The highest BCUT2D eigenvalue weighted by Crippen LogP contribution is 2.21. The number of esters is 1. The van der Waals surface area contributed by atoms with Crippen molar-refractivity contribution in [2.75, 3.05) is 13.2 Å². The van der Waals surface area contributed by atoms with Gasteiger partial charge in [-0.05, 0) is 42.1 Å². The number of halogens is 2. The predicted octanol–water partition coefficient (Wildman–Crippen LogP) is 2.92. The van der Waals surface area contributed by atoms with Crippen molar-refractivity contribution in [2.24, 2.45) is 0 Å². The molecular formula is C15H15Cl2N3O3S. The quantitative estimate of drug-likeness (QED) is 0.738. The van der Waals surface area contributed by atoms with Gasteiger partial charge >= 0.3 is 5.97 Å². The normalized spacial score (nSPS) is 10.5. The molecule has 0 fully saturated rings. The zero-order chi connectivity index (χ0) is 17.5. The Morgan fingerprint density at radius 2 is 2.12 bits per heavy atom. The van der Waals surface area contributed by atoms with Crippen LogP contribution in [0.25, 0.3) is 0 Å². The highest BCUT2D eigenvalue weighted by Gasteiger charge is 2.17. The van der Waals surface area contributed by atoms with E-state index in [0.29, 0.717) is 40.0 Å². The minimum atomic E-state index is -0.585. The van der Waals surface area contributed by atoms with E-state index in [2.05, 4.69) is 14.9 Å². The van der Waals surface area contributed by atoms with Gasteiger partial charge in [0, 0.05) is 16.6 Å². The van der Waals surface area contributed by atoms with Crippen molar-refractivity contribution in [3.05, 3.63) is 44.4 Å². The second kappa shape index (κ2) is 8.96. The van der Waals surface area contributed by atoms with Gasteiger partial charge in [0.25, 0.3) is 5.91 Å². The summed E-state index contributed by atoms with van der Waals surface area (Å²) in [4.78, 5) is 23.9. The Kier molecular flexibility index (Phi) is 6.96. The van der Waals surface area contributed by atoms with Crippen molar-refractivity contribution < 1.29 is 14.3 Å². The Bertz CT molecular complexity index is 737. The summed E-state index contributed by atoms with van der Waals surface area (Å²) >= 11 is 12.8. The molecule has 0 spiro atoms. The Hall–Kier alpha value is -1.70. The summed E-state index contributed by atoms with van der Waals surface area (Å²) < 4.78 is 8.68. The molecule has 1 amide bonds.